The van der Waals surface area contributed by atoms with Crippen molar-refractivity contribution in [3.63, 3.8) is 0 Å². The average Bonchev–Trinajstić information content (AvgIpc) is 3.47. The van der Waals surface area contributed by atoms with Gasteiger partial charge in [-0.15, -0.1) is 0 Å². The maximum atomic E-state index is 13.8. The van der Waals surface area contributed by atoms with Gasteiger partial charge in [-0.1, -0.05) is 36.4 Å². The van der Waals surface area contributed by atoms with Crippen LogP contribution in [0.15, 0.2) is 84.9 Å². The summed E-state index contributed by atoms with van der Waals surface area (Å²) >= 11 is 0. The average molecular weight is 776 g/mol. The summed E-state index contributed by atoms with van der Waals surface area (Å²) < 4.78 is 18.0. The van der Waals surface area contributed by atoms with E-state index in [9.17, 15) is 19.2 Å². The number of ether oxygens (including phenoxy) is 3. The van der Waals surface area contributed by atoms with E-state index < -0.39 is 0 Å². The van der Waals surface area contributed by atoms with Crippen molar-refractivity contribution in [2.24, 2.45) is 0 Å². The highest BCUT2D eigenvalue weighted by atomic mass is 16.5. The van der Waals surface area contributed by atoms with Gasteiger partial charge in [0.15, 0.2) is 0 Å². The molecular formula is C45H53N5O7. The van der Waals surface area contributed by atoms with Gasteiger partial charge < -0.3 is 34.2 Å². The summed E-state index contributed by atoms with van der Waals surface area (Å²) in [7, 11) is 5.39. The molecule has 0 aliphatic carbocycles. The summed E-state index contributed by atoms with van der Waals surface area (Å²) in [5.74, 6) is 1.31. The van der Waals surface area contributed by atoms with Crippen LogP contribution in [0.2, 0.25) is 0 Å². The molecule has 0 radical (unpaired) electrons. The molecule has 4 aromatic rings. The molecule has 12 heteroatoms. The molecule has 2 aliphatic rings. The lowest BCUT2D eigenvalue weighted by atomic mass is 10.1. The minimum atomic E-state index is -0.271. The molecule has 300 valence electrons. The van der Waals surface area contributed by atoms with Crippen LogP contribution in [0.5, 0.6) is 17.2 Å². The van der Waals surface area contributed by atoms with Crippen molar-refractivity contribution < 1.29 is 33.4 Å². The smallest absolute Gasteiger partial charge is 0.261 e. The van der Waals surface area contributed by atoms with Crippen molar-refractivity contribution in [2.75, 3.05) is 77.4 Å². The molecule has 0 unspecified atom stereocenters. The van der Waals surface area contributed by atoms with E-state index in [0.29, 0.717) is 77.9 Å². The fourth-order valence-corrected chi connectivity index (χ4v) is 7.07. The monoisotopic (exact) mass is 775 g/mol. The quantitative estimate of drug-likeness (QED) is 0.0873. The minimum Gasteiger partial charge on any atom is -0.495 e. The molecule has 1 fully saturated rings. The lowest BCUT2D eigenvalue weighted by molar-refractivity contribution is -0.132. The van der Waals surface area contributed by atoms with Crippen molar-refractivity contribution in [1.82, 2.24) is 14.7 Å². The summed E-state index contributed by atoms with van der Waals surface area (Å²) in [6, 6.07) is 25.7. The number of hydrogen-bond acceptors (Lipinski definition) is 9. The van der Waals surface area contributed by atoms with E-state index in [2.05, 4.69) is 17.3 Å². The molecule has 12 nitrogen and oxygen atoms in total. The highest BCUT2D eigenvalue weighted by molar-refractivity contribution is 6.21. The Morgan fingerprint density at radius 2 is 1.44 bits per heavy atom. The Hall–Kier alpha value is -5.88. The van der Waals surface area contributed by atoms with Crippen LogP contribution >= 0.6 is 0 Å². The van der Waals surface area contributed by atoms with Gasteiger partial charge >= 0.3 is 0 Å². The van der Waals surface area contributed by atoms with E-state index in [0.717, 1.165) is 56.6 Å². The van der Waals surface area contributed by atoms with E-state index in [-0.39, 0.29) is 30.2 Å². The zero-order valence-electron chi connectivity index (χ0n) is 33.4. The number of anilines is 2. The Morgan fingerprint density at radius 1 is 0.754 bits per heavy atom. The largest absolute Gasteiger partial charge is 0.495 e. The lowest BCUT2D eigenvalue weighted by Crippen LogP contribution is -2.47. The molecule has 0 spiro atoms. The molecule has 57 heavy (non-hydrogen) atoms. The fraction of sp³-hybridized carbons (Fsp3) is 0.378. The van der Waals surface area contributed by atoms with Crippen molar-refractivity contribution >= 4 is 35.0 Å². The molecule has 0 bridgehead atoms. The molecule has 2 aliphatic heterocycles. The van der Waals surface area contributed by atoms with Gasteiger partial charge in [0.05, 0.1) is 42.8 Å². The Bertz CT molecular complexity index is 2030. The Morgan fingerprint density at radius 3 is 2.18 bits per heavy atom. The third-order valence-corrected chi connectivity index (χ3v) is 10.5. The first-order valence-corrected chi connectivity index (χ1v) is 19.7. The first kappa shape index (κ1) is 40.8. The lowest BCUT2D eigenvalue weighted by Gasteiger charge is -2.32. The van der Waals surface area contributed by atoms with Gasteiger partial charge in [-0.3, -0.25) is 24.1 Å². The summed E-state index contributed by atoms with van der Waals surface area (Å²) in [5.41, 5.74) is 4.65. The second-order valence-corrected chi connectivity index (χ2v) is 14.6. The number of para-hydroxylation sites is 1. The predicted octanol–water partition coefficient (Wildman–Crippen LogP) is 6.67. The normalized spacial score (nSPS) is 14.0. The number of likely N-dealkylation sites (N-methyl/N-ethyl adjacent to an activating group) is 1. The van der Waals surface area contributed by atoms with Crippen LogP contribution in [0.4, 0.5) is 11.4 Å². The number of imide groups is 1. The Balaban J connectivity index is 0.992. The number of methoxy groups -OCH3 is 1. The zero-order chi connectivity index (χ0) is 40.3. The number of carbonyl (C=O) groups is 4. The molecule has 0 saturated carbocycles. The Kier molecular flexibility index (Phi) is 13.8. The zero-order valence-corrected chi connectivity index (χ0v) is 33.4. The molecule has 4 aromatic carbocycles. The van der Waals surface area contributed by atoms with Gasteiger partial charge in [-0.25, -0.2) is 0 Å². The molecule has 1 saturated heterocycles. The summed E-state index contributed by atoms with van der Waals surface area (Å²) in [6.45, 7) is 6.95. The highest BCUT2D eigenvalue weighted by Crippen LogP contribution is 2.33. The number of amides is 4. The standard InChI is InChI=1S/C45H53N5O7/c1-32-18-21-38(41(29-32)57-27-11-5-6-17-42(51)49-25-23-47(2)24-26-49)48(3)43(52)33-19-20-37(40(30-33)55-4)46-31-34-13-7-10-16-39(34)56-28-12-22-50-44(53)35-14-8-9-15-36(35)45(50)54/h7-10,13-16,18-21,29-30,46H,5-6,11-12,17,22-28,31H2,1-4H3. The van der Waals surface area contributed by atoms with E-state index in [4.69, 9.17) is 14.2 Å². The van der Waals surface area contributed by atoms with Crippen LogP contribution < -0.4 is 24.4 Å². The van der Waals surface area contributed by atoms with Crippen molar-refractivity contribution in [2.45, 2.75) is 45.6 Å². The molecule has 6 rings (SSSR count). The van der Waals surface area contributed by atoms with Crippen molar-refractivity contribution in [3.05, 3.63) is 113 Å². The second kappa shape index (κ2) is 19.3. The number of nitrogens with one attached hydrogen (secondary N) is 1. The van der Waals surface area contributed by atoms with Gasteiger partial charge in [0.25, 0.3) is 17.7 Å². The minimum absolute atomic E-state index is 0.212. The first-order chi connectivity index (χ1) is 27.6. The van der Waals surface area contributed by atoms with Crippen LogP contribution in [0.25, 0.3) is 0 Å². The third-order valence-electron chi connectivity index (χ3n) is 10.5. The fourth-order valence-electron chi connectivity index (χ4n) is 7.07. The van der Waals surface area contributed by atoms with Crippen LogP contribution in [-0.4, -0.2) is 105 Å². The third kappa shape index (κ3) is 10.1. The number of aryl methyl sites for hydroxylation is 1. The highest BCUT2D eigenvalue weighted by Gasteiger charge is 2.34. The topological polar surface area (TPSA) is 121 Å². The Labute approximate surface area is 335 Å². The van der Waals surface area contributed by atoms with Crippen LogP contribution in [-0.2, 0) is 11.3 Å². The van der Waals surface area contributed by atoms with Gasteiger partial charge in [-0.05, 0) is 93.7 Å². The van der Waals surface area contributed by atoms with E-state index in [1.807, 2.05) is 60.4 Å². The number of rotatable bonds is 18. The molecule has 0 aromatic heterocycles. The molecule has 4 amide bonds. The van der Waals surface area contributed by atoms with Gasteiger partial charge in [0.2, 0.25) is 5.91 Å². The molecule has 2 heterocycles. The van der Waals surface area contributed by atoms with Crippen LogP contribution in [0.3, 0.4) is 0 Å². The van der Waals surface area contributed by atoms with E-state index in [1.54, 1.807) is 55.5 Å². The SMILES string of the molecule is COc1cc(C(=O)N(C)c2ccc(C)cc2OCCCCCC(=O)N2CCN(C)CC2)ccc1NCc1ccccc1OCCCN1C(=O)c2ccccc2C1=O. The van der Waals surface area contributed by atoms with Gasteiger partial charge in [-0.2, -0.15) is 0 Å². The number of carbonyl (C=O) groups excluding carboxylic acids is 4. The van der Waals surface area contributed by atoms with Gasteiger partial charge in [0, 0.05) is 63.9 Å². The van der Waals surface area contributed by atoms with Crippen LogP contribution in [0, 0.1) is 6.92 Å². The molecule has 0 atom stereocenters. The molecular weight excluding hydrogens is 723 g/mol. The number of hydrogen-bond donors (Lipinski definition) is 1. The van der Waals surface area contributed by atoms with Crippen molar-refractivity contribution in [1.29, 1.82) is 0 Å². The summed E-state index contributed by atoms with van der Waals surface area (Å²) in [4.78, 5) is 58.9. The summed E-state index contributed by atoms with van der Waals surface area (Å²) in [5, 5.41) is 3.41. The predicted molar refractivity (Wildman–Crippen MR) is 221 cm³/mol. The van der Waals surface area contributed by atoms with Crippen LogP contribution in [0.1, 0.15) is 74.3 Å². The van der Waals surface area contributed by atoms with E-state index in [1.165, 1.54) is 4.90 Å². The van der Waals surface area contributed by atoms with Gasteiger partial charge in [0.1, 0.15) is 17.2 Å². The number of nitrogens with zero attached hydrogens (tertiary/aromatic N) is 4. The number of unbranched alkanes of at least 4 members (excludes halogenated alkanes) is 2. The maximum Gasteiger partial charge on any atom is 0.261 e. The first-order valence-electron chi connectivity index (χ1n) is 19.7. The maximum absolute atomic E-state index is 13.8. The number of piperazine rings is 1. The molecule has 1 N–H and O–H groups in total. The van der Waals surface area contributed by atoms with E-state index >= 15 is 0 Å². The summed E-state index contributed by atoms with van der Waals surface area (Å²) in [6.07, 6.45) is 3.56. The number of fused-ring (bicyclic) bond motifs is 1. The number of benzene rings is 4. The second-order valence-electron chi connectivity index (χ2n) is 14.6. The van der Waals surface area contributed by atoms with Crippen molar-refractivity contribution in [3.8, 4) is 17.2 Å².